The summed E-state index contributed by atoms with van der Waals surface area (Å²) in [6.07, 6.45) is 2.61. The quantitative estimate of drug-likeness (QED) is 0.608. The molecule has 0 amide bonds. The smallest absolute Gasteiger partial charge is 0.162 e. The van der Waals surface area contributed by atoms with E-state index in [1.165, 1.54) is 18.2 Å². The molecule has 0 atom stereocenters. The van der Waals surface area contributed by atoms with Crippen molar-refractivity contribution in [3.63, 3.8) is 0 Å². The second-order valence-electron chi connectivity index (χ2n) is 3.44. The summed E-state index contributed by atoms with van der Waals surface area (Å²) in [6, 6.07) is 4.50. The van der Waals surface area contributed by atoms with Crippen molar-refractivity contribution in [2.24, 2.45) is 0 Å². The molecule has 0 bridgehead atoms. The maximum absolute atomic E-state index is 10.5. The third kappa shape index (κ3) is 3.46. The molecule has 0 fully saturated rings. The third-order valence-corrected chi connectivity index (χ3v) is 1.85. The van der Waals surface area contributed by atoms with Gasteiger partial charge in [-0.25, -0.2) is 0 Å². The number of aromatic hydroxyl groups is 1. The zero-order valence-electron chi connectivity index (χ0n) is 8.86. The van der Waals surface area contributed by atoms with Crippen LogP contribution >= 0.6 is 0 Å². The van der Waals surface area contributed by atoms with Gasteiger partial charge in [-0.05, 0) is 38.1 Å². The summed E-state index contributed by atoms with van der Waals surface area (Å²) in [5.41, 5.74) is 1.63. The van der Waals surface area contributed by atoms with Crippen molar-refractivity contribution >= 4 is 6.29 Å². The van der Waals surface area contributed by atoms with Crippen molar-refractivity contribution in [2.45, 2.75) is 13.8 Å². The fourth-order valence-corrected chi connectivity index (χ4v) is 1.02. The van der Waals surface area contributed by atoms with E-state index in [2.05, 4.69) is 0 Å². The van der Waals surface area contributed by atoms with Gasteiger partial charge >= 0.3 is 0 Å². The van der Waals surface area contributed by atoms with Crippen LogP contribution in [0.2, 0.25) is 0 Å². The Bertz CT molecular complexity index is 376. The Balaban J connectivity index is 2.75. The van der Waals surface area contributed by atoms with Gasteiger partial charge in [-0.3, -0.25) is 4.79 Å². The lowest BCUT2D eigenvalue weighted by Crippen LogP contribution is -1.95. The van der Waals surface area contributed by atoms with Crippen molar-refractivity contribution in [3.8, 4) is 11.5 Å². The highest BCUT2D eigenvalue weighted by atomic mass is 16.5. The number of carbonyl (C=O) groups is 1. The van der Waals surface area contributed by atoms with Crippen LogP contribution < -0.4 is 4.74 Å². The van der Waals surface area contributed by atoms with E-state index in [0.29, 0.717) is 24.2 Å². The molecule has 0 aliphatic heterocycles. The van der Waals surface area contributed by atoms with Crippen LogP contribution in [0.1, 0.15) is 24.2 Å². The number of benzene rings is 1. The van der Waals surface area contributed by atoms with Crippen LogP contribution in [0.5, 0.6) is 11.5 Å². The van der Waals surface area contributed by atoms with Gasteiger partial charge in [0, 0.05) is 5.56 Å². The second-order valence-corrected chi connectivity index (χ2v) is 3.44. The van der Waals surface area contributed by atoms with Crippen molar-refractivity contribution in [1.82, 2.24) is 0 Å². The summed E-state index contributed by atoms with van der Waals surface area (Å²) in [7, 11) is 0. The standard InChI is InChI=1S/C12H14O3/c1-9(2)5-6-15-12-7-10(8-13)3-4-11(12)14/h3-5,7-8,14H,6H2,1-2H3. The molecule has 0 saturated heterocycles. The first-order chi connectivity index (χ1) is 7.13. The van der Waals surface area contributed by atoms with E-state index in [1.807, 2.05) is 19.9 Å². The minimum absolute atomic E-state index is 0.0442. The molecule has 1 aromatic rings. The molecule has 3 nitrogen and oxygen atoms in total. The molecule has 80 valence electrons. The van der Waals surface area contributed by atoms with Gasteiger partial charge in [-0.1, -0.05) is 5.57 Å². The molecule has 0 unspecified atom stereocenters. The first-order valence-corrected chi connectivity index (χ1v) is 4.68. The highest BCUT2D eigenvalue weighted by Crippen LogP contribution is 2.26. The van der Waals surface area contributed by atoms with E-state index in [4.69, 9.17) is 4.74 Å². The molecule has 1 rings (SSSR count). The van der Waals surface area contributed by atoms with Crippen molar-refractivity contribution in [2.75, 3.05) is 6.61 Å². The van der Waals surface area contributed by atoms with E-state index in [1.54, 1.807) is 0 Å². The molecule has 0 aromatic heterocycles. The Kier molecular flexibility index (Phi) is 3.92. The van der Waals surface area contributed by atoms with E-state index in [9.17, 15) is 9.90 Å². The van der Waals surface area contributed by atoms with Crippen LogP contribution in [0.3, 0.4) is 0 Å². The zero-order chi connectivity index (χ0) is 11.3. The third-order valence-electron chi connectivity index (χ3n) is 1.85. The summed E-state index contributed by atoms with van der Waals surface area (Å²) in [5, 5.41) is 9.43. The monoisotopic (exact) mass is 206 g/mol. The highest BCUT2D eigenvalue weighted by molar-refractivity contribution is 5.76. The number of hydrogen-bond donors (Lipinski definition) is 1. The maximum Gasteiger partial charge on any atom is 0.162 e. The fraction of sp³-hybridized carbons (Fsp3) is 0.250. The minimum atomic E-state index is 0.0442. The molecule has 1 aromatic carbocycles. The predicted octanol–water partition coefficient (Wildman–Crippen LogP) is 2.55. The molecule has 1 N–H and O–H groups in total. The van der Waals surface area contributed by atoms with Crippen molar-refractivity contribution < 1.29 is 14.6 Å². The summed E-state index contributed by atoms with van der Waals surface area (Å²) in [6.45, 7) is 4.31. The number of ether oxygens (including phenoxy) is 1. The lowest BCUT2D eigenvalue weighted by Gasteiger charge is -2.06. The molecule has 0 heterocycles. The second kappa shape index (κ2) is 5.20. The van der Waals surface area contributed by atoms with Gasteiger partial charge in [0.25, 0.3) is 0 Å². The van der Waals surface area contributed by atoms with Gasteiger partial charge in [-0.15, -0.1) is 0 Å². The molecule has 0 radical (unpaired) electrons. The summed E-state index contributed by atoms with van der Waals surface area (Å²) >= 11 is 0. The minimum Gasteiger partial charge on any atom is -0.504 e. The number of phenols is 1. The molecule has 0 aliphatic rings. The van der Waals surface area contributed by atoms with E-state index < -0.39 is 0 Å². The fourth-order valence-electron chi connectivity index (χ4n) is 1.02. The molecule has 0 saturated carbocycles. The molecule has 0 aliphatic carbocycles. The maximum atomic E-state index is 10.5. The lowest BCUT2D eigenvalue weighted by molar-refractivity contribution is 0.112. The Morgan fingerprint density at radius 1 is 1.47 bits per heavy atom. The molecular weight excluding hydrogens is 192 g/mol. The first-order valence-electron chi connectivity index (χ1n) is 4.68. The highest BCUT2D eigenvalue weighted by Gasteiger charge is 2.02. The number of carbonyl (C=O) groups excluding carboxylic acids is 1. The molecule has 0 spiro atoms. The van der Waals surface area contributed by atoms with E-state index in [-0.39, 0.29) is 5.75 Å². The van der Waals surface area contributed by atoms with Gasteiger partial charge in [0.1, 0.15) is 12.9 Å². The van der Waals surface area contributed by atoms with Gasteiger partial charge in [0.2, 0.25) is 0 Å². The Morgan fingerprint density at radius 2 is 2.20 bits per heavy atom. The summed E-state index contributed by atoms with van der Waals surface area (Å²) in [4.78, 5) is 10.5. The van der Waals surface area contributed by atoms with Crippen LogP contribution in [0.25, 0.3) is 0 Å². The van der Waals surface area contributed by atoms with Crippen LogP contribution in [0.4, 0.5) is 0 Å². The first kappa shape index (κ1) is 11.3. The van der Waals surface area contributed by atoms with Crippen LogP contribution in [-0.2, 0) is 0 Å². The van der Waals surface area contributed by atoms with E-state index in [0.717, 1.165) is 5.57 Å². The molecule has 3 heteroatoms. The molecule has 15 heavy (non-hydrogen) atoms. The normalized spacial score (nSPS) is 9.47. The number of hydrogen-bond acceptors (Lipinski definition) is 3. The number of allylic oxidation sites excluding steroid dienone is 1. The van der Waals surface area contributed by atoms with Crippen LogP contribution in [0, 0.1) is 0 Å². The van der Waals surface area contributed by atoms with Gasteiger partial charge in [0.15, 0.2) is 11.5 Å². The number of aldehydes is 1. The van der Waals surface area contributed by atoms with Gasteiger partial charge in [0.05, 0.1) is 0 Å². The number of phenolic OH excluding ortho intramolecular Hbond substituents is 1. The van der Waals surface area contributed by atoms with Crippen molar-refractivity contribution in [3.05, 3.63) is 35.4 Å². The zero-order valence-corrected chi connectivity index (χ0v) is 8.86. The summed E-state index contributed by atoms with van der Waals surface area (Å²) < 4.78 is 5.30. The van der Waals surface area contributed by atoms with E-state index >= 15 is 0 Å². The predicted molar refractivity (Wildman–Crippen MR) is 58.4 cm³/mol. The lowest BCUT2D eigenvalue weighted by atomic mass is 10.2. The van der Waals surface area contributed by atoms with Crippen LogP contribution in [-0.4, -0.2) is 18.0 Å². The van der Waals surface area contributed by atoms with Gasteiger partial charge in [-0.2, -0.15) is 0 Å². The van der Waals surface area contributed by atoms with Crippen LogP contribution in [0.15, 0.2) is 29.8 Å². The SMILES string of the molecule is CC(C)=CCOc1cc(C=O)ccc1O. The van der Waals surface area contributed by atoms with Crippen molar-refractivity contribution in [1.29, 1.82) is 0 Å². The average molecular weight is 206 g/mol. The molecular formula is C12H14O3. The Morgan fingerprint density at radius 3 is 2.80 bits per heavy atom. The average Bonchev–Trinajstić information content (AvgIpc) is 2.20. The Hall–Kier alpha value is -1.77. The van der Waals surface area contributed by atoms with Gasteiger partial charge < -0.3 is 9.84 Å². The number of rotatable bonds is 4. The topological polar surface area (TPSA) is 46.5 Å². The summed E-state index contributed by atoms with van der Waals surface area (Å²) in [5.74, 6) is 0.375. The largest absolute Gasteiger partial charge is 0.504 e. The Labute approximate surface area is 89.0 Å².